The van der Waals surface area contributed by atoms with Gasteiger partial charge in [0.25, 0.3) is 0 Å². The van der Waals surface area contributed by atoms with Crippen LogP contribution in [-0.2, 0) is 4.79 Å². The third-order valence-electron chi connectivity index (χ3n) is 4.39. The molecule has 1 rings (SSSR count). The number of unbranched alkanes of at least 4 members (excludes halogenated alkanes) is 1. The van der Waals surface area contributed by atoms with E-state index in [-0.39, 0.29) is 5.41 Å². The molecule has 1 aliphatic rings. The van der Waals surface area contributed by atoms with Crippen molar-refractivity contribution in [1.29, 1.82) is 0 Å². The predicted octanol–water partition coefficient (Wildman–Crippen LogP) is 4.68. The zero-order valence-corrected chi connectivity index (χ0v) is 11.6. The molecule has 1 nitrogen and oxygen atoms in total. The number of hydrogen-bond acceptors (Lipinski definition) is 1. The maximum absolute atomic E-state index is 11.8. The van der Waals surface area contributed by atoms with Crippen molar-refractivity contribution in [2.45, 2.75) is 59.3 Å². The van der Waals surface area contributed by atoms with Gasteiger partial charge in [-0.1, -0.05) is 53.2 Å². The Hall–Kier alpha value is -0.850. The van der Waals surface area contributed by atoms with Crippen molar-refractivity contribution in [1.82, 2.24) is 0 Å². The Morgan fingerprint density at radius 3 is 2.53 bits per heavy atom. The highest BCUT2D eigenvalue weighted by atomic mass is 16.1. The molecule has 17 heavy (non-hydrogen) atoms. The number of hydrogen-bond donors (Lipinski definition) is 0. The number of carbonyl (C=O) groups excluding carboxylic acids is 1. The van der Waals surface area contributed by atoms with E-state index in [9.17, 15) is 4.79 Å². The molecule has 0 radical (unpaired) electrons. The van der Waals surface area contributed by atoms with Crippen LogP contribution in [0.25, 0.3) is 0 Å². The summed E-state index contributed by atoms with van der Waals surface area (Å²) in [7, 11) is 0. The van der Waals surface area contributed by atoms with Gasteiger partial charge >= 0.3 is 0 Å². The van der Waals surface area contributed by atoms with Crippen LogP contribution in [0.5, 0.6) is 0 Å². The zero-order chi connectivity index (χ0) is 13.1. The molecule has 0 aromatic heterocycles. The summed E-state index contributed by atoms with van der Waals surface area (Å²) in [6, 6.07) is 0. The Morgan fingerprint density at radius 2 is 2.00 bits per heavy atom. The Bertz CT molecular complexity index is 326. The maximum Gasteiger partial charge on any atom is 0.138 e. The van der Waals surface area contributed by atoms with Crippen LogP contribution in [-0.4, -0.2) is 5.78 Å². The van der Waals surface area contributed by atoms with Gasteiger partial charge < -0.3 is 0 Å². The van der Waals surface area contributed by atoms with Crippen LogP contribution in [0.1, 0.15) is 59.3 Å². The average molecular weight is 234 g/mol. The van der Waals surface area contributed by atoms with Gasteiger partial charge in [0.15, 0.2) is 0 Å². The van der Waals surface area contributed by atoms with Crippen LogP contribution in [0.15, 0.2) is 24.3 Å². The van der Waals surface area contributed by atoms with Crippen molar-refractivity contribution in [2.75, 3.05) is 0 Å². The number of ketones is 1. The summed E-state index contributed by atoms with van der Waals surface area (Å²) in [5.41, 5.74) is 2.04. The number of allylic oxidation sites excluding steroid dienone is 2. The lowest BCUT2D eigenvalue weighted by Crippen LogP contribution is -2.36. The van der Waals surface area contributed by atoms with Crippen molar-refractivity contribution in [3.05, 3.63) is 24.3 Å². The highest BCUT2D eigenvalue weighted by Crippen LogP contribution is 2.48. The Kier molecular flexibility index (Phi) is 4.73. The van der Waals surface area contributed by atoms with Crippen LogP contribution < -0.4 is 0 Å². The topological polar surface area (TPSA) is 17.1 Å². The molecule has 96 valence electrons. The minimum Gasteiger partial charge on any atom is -0.299 e. The molecule has 1 fully saturated rings. The number of carbonyl (C=O) groups is 1. The molecule has 0 amide bonds. The van der Waals surface area contributed by atoms with Crippen molar-refractivity contribution in [3.63, 3.8) is 0 Å². The molecule has 0 bridgehead atoms. The molecule has 0 aromatic rings. The Balaban J connectivity index is 2.91. The van der Waals surface area contributed by atoms with E-state index in [1.54, 1.807) is 0 Å². The second-order valence-electron chi connectivity index (χ2n) is 5.64. The van der Waals surface area contributed by atoms with Gasteiger partial charge in [-0.05, 0) is 23.5 Å². The Labute approximate surface area is 106 Å². The fourth-order valence-corrected chi connectivity index (χ4v) is 3.14. The fourth-order valence-electron chi connectivity index (χ4n) is 3.14. The molecule has 0 aliphatic heterocycles. The van der Waals surface area contributed by atoms with E-state index in [1.165, 1.54) is 19.3 Å². The normalized spacial score (nSPS) is 27.4. The van der Waals surface area contributed by atoms with E-state index in [4.69, 9.17) is 0 Å². The van der Waals surface area contributed by atoms with Crippen molar-refractivity contribution in [2.24, 2.45) is 11.3 Å². The van der Waals surface area contributed by atoms with Gasteiger partial charge in [0.2, 0.25) is 0 Å². The van der Waals surface area contributed by atoms with Gasteiger partial charge in [-0.2, -0.15) is 0 Å². The summed E-state index contributed by atoms with van der Waals surface area (Å²) >= 11 is 0. The third kappa shape index (κ3) is 2.88. The molecular formula is C16H26O. The summed E-state index contributed by atoms with van der Waals surface area (Å²) in [5, 5.41) is 0. The van der Waals surface area contributed by atoms with Crippen LogP contribution in [0.2, 0.25) is 0 Å². The van der Waals surface area contributed by atoms with E-state index >= 15 is 0 Å². The monoisotopic (exact) mass is 234 g/mol. The van der Waals surface area contributed by atoms with E-state index in [1.807, 2.05) is 0 Å². The van der Waals surface area contributed by atoms with Crippen LogP contribution in [0.4, 0.5) is 0 Å². The summed E-state index contributed by atoms with van der Waals surface area (Å²) in [6.07, 6.45) is 5.95. The van der Waals surface area contributed by atoms with Crippen LogP contribution in [0.3, 0.4) is 0 Å². The lowest BCUT2D eigenvalue weighted by atomic mass is 9.61. The summed E-state index contributed by atoms with van der Waals surface area (Å²) in [6.45, 7) is 14.9. The fraction of sp³-hybridized carbons (Fsp3) is 0.688. The largest absolute Gasteiger partial charge is 0.299 e. The van der Waals surface area contributed by atoms with Gasteiger partial charge in [0.1, 0.15) is 5.78 Å². The minimum absolute atomic E-state index is 0.0453. The smallest absolute Gasteiger partial charge is 0.138 e. The first-order chi connectivity index (χ1) is 7.95. The predicted molar refractivity (Wildman–Crippen MR) is 73.9 cm³/mol. The van der Waals surface area contributed by atoms with E-state index in [0.29, 0.717) is 24.5 Å². The lowest BCUT2D eigenvalue weighted by Gasteiger charge is -2.42. The first-order valence-electron chi connectivity index (χ1n) is 6.84. The third-order valence-corrected chi connectivity index (χ3v) is 4.39. The summed E-state index contributed by atoms with van der Waals surface area (Å²) in [4.78, 5) is 11.8. The summed E-state index contributed by atoms with van der Waals surface area (Å²) in [5.74, 6) is 0.899. The lowest BCUT2D eigenvalue weighted by molar-refractivity contribution is -0.121. The van der Waals surface area contributed by atoms with Gasteiger partial charge in [-0.15, -0.1) is 0 Å². The van der Waals surface area contributed by atoms with Gasteiger partial charge in [0.05, 0.1) is 0 Å². The first-order valence-corrected chi connectivity index (χ1v) is 6.84. The number of Topliss-reactive ketones (excluding diaryl/α,β-unsaturated/α-hetero) is 1. The molecule has 0 aromatic carbocycles. The maximum atomic E-state index is 11.8. The van der Waals surface area contributed by atoms with Gasteiger partial charge in [-0.3, -0.25) is 4.79 Å². The standard InChI is InChI=1S/C16H26O/c1-6-8-9-14(7-2)16(5)11-15(17)10-12(3)13(16)4/h14H,3-4,6-11H2,1-2,5H3/t14?,16-/m1/s1. The molecule has 0 spiro atoms. The van der Waals surface area contributed by atoms with Crippen molar-refractivity contribution < 1.29 is 4.79 Å². The van der Waals surface area contributed by atoms with Crippen molar-refractivity contribution in [3.8, 4) is 0 Å². The highest BCUT2D eigenvalue weighted by molar-refractivity contribution is 5.85. The summed E-state index contributed by atoms with van der Waals surface area (Å²) < 4.78 is 0. The molecule has 0 heterocycles. The second-order valence-corrected chi connectivity index (χ2v) is 5.64. The number of rotatable bonds is 5. The second kappa shape index (κ2) is 5.66. The molecule has 2 atom stereocenters. The first kappa shape index (κ1) is 14.2. The SMILES string of the molecule is C=C1CC(=O)C[C@@](C)(C(CC)CCCC)C1=C. The van der Waals surface area contributed by atoms with Crippen LogP contribution in [0, 0.1) is 11.3 Å². The zero-order valence-electron chi connectivity index (χ0n) is 11.6. The molecule has 0 N–H and O–H groups in total. The van der Waals surface area contributed by atoms with Gasteiger partial charge in [-0.25, -0.2) is 0 Å². The van der Waals surface area contributed by atoms with Crippen molar-refractivity contribution >= 4 is 5.78 Å². The van der Waals surface area contributed by atoms with E-state index < -0.39 is 0 Å². The van der Waals surface area contributed by atoms with E-state index in [2.05, 4.69) is 33.9 Å². The molecular weight excluding hydrogens is 208 g/mol. The molecule has 1 aliphatic carbocycles. The molecule has 1 heteroatoms. The molecule has 0 saturated heterocycles. The van der Waals surface area contributed by atoms with E-state index in [0.717, 1.165) is 17.6 Å². The van der Waals surface area contributed by atoms with Crippen LogP contribution >= 0.6 is 0 Å². The molecule has 1 saturated carbocycles. The Morgan fingerprint density at radius 1 is 1.35 bits per heavy atom. The molecule has 1 unspecified atom stereocenters. The highest BCUT2D eigenvalue weighted by Gasteiger charge is 2.41. The minimum atomic E-state index is -0.0453. The van der Waals surface area contributed by atoms with Gasteiger partial charge in [0, 0.05) is 18.3 Å². The average Bonchev–Trinajstić information content (AvgIpc) is 2.26. The quantitative estimate of drug-likeness (QED) is 0.674.